The summed E-state index contributed by atoms with van der Waals surface area (Å²) >= 11 is 0. The first-order valence-electron chi connectivity index (χ1n) is 7.25. The summed E-state index contributed by atoms with van der Waals surface area (Å²) < 4.78 is 66.6. The molecule has 0 atom stereocenters. The van der Waals surface area contributed by atoms with Crippen molar-refractivity contribution < 1.29 is 31.5 Å². The third kappa shape index (κ3) is 5.61. The molecule has 0 saturated heterocycles. The summed E-state index contributed by atoms with van der Waals surface area (Å²) in [6.45, 7) is 0.220. The third-order valence-electron chi connectivity index (χ3n) is 3.63. The van der Waals surface area contributed by atoms with Gasteiger partial charge < -0.3 is 10.1 Å². The summed E-state index contributed by atoms with van der Waals surface area (Å²) in [6.07, 6.45) is -3.87. The van der Waals surface area contributed by atoms with Crippen molar-refractivity contribution in [2.75, 3.05) is 6.61 Å². The van der Waals surface area contributed by atoms with Crippen LogP contribution in [0.25, 0.3) is 0 Å². The standard InChI is InChI=1S/C15H17F5N2O2/c1-13(7-14(16,17)8-13)5-11(23)22-6-10-2-3-21-12(4-10)24-9-15(18,19)20/h2-4H,5-9H2,1H3,(H,22,23). The van der Waals surface area contributed by atoms with Gasteiger partial charge in [0.25, 0.3) is 0 Å². The molecule has 24 heavy (non-hydrogen) atoms. The maximum Gasteiger partial charge on any atom is 0.422 e. The predicted molar refractivity (Wildman–Crippen MR) is 74.5 cm³/mol. The number of alkyl halides is 5. The molecule has 0 aromatic carbocycles. The normalized spacial score (nSPS) is 18.6. The Morgan fingerprint density at radius 3 is 2.62 bits per heavy atom. The second-order valence-electron chi connectivity index (χ2n) is 6.38. The largest absolute Gasteiger partial charge is 0.468 e. The highest BCUT2D eigenvalue weighted by molar-refractivity contribution is 5.76. The average molecular weight is 352 g/mol. The molecule has 2 rings (SSSR count). The van der Waals surface area contributed by atoms with Crippen LogP contribution in [-0.2, 0) is 11.3 Å². The van der Waals surface area contributed by atoms with E-state index >= 15 is 0 Å². The molecular weight excluding hydrogens is 335 g/mol. The molecule has 134 valence electrons. The van der Waals surface area contributed by atoms with E-state index in [-0.39, 0.29) is 37.6 Å². The Bertz CT molecular complexity index is 596. The van der Waals surface area contributed by atoms with Gasteiger partial charge in [0.05, 0.1) is 0 Å². The van der Waals surface area contributed by atoms with Crippen molar-refractivity contribution >= 4 is 5.91 Å². The van der Waals surface area contributed by atoms with E-state index in [0.717, 1.165) is 0 Å². The molecule has 9 heteroatoms. The van der Waals surface area contributed by atoms with Crippen LogP contribution in [0.1, 0.15) is 31.7 Å². The minimum absolute atomic E-state index is 0.0227. The van der Waals surface area contributed by atoms with Gasteiger partial charge in [0.15, 0.2) is 6.61 Å². The lowest BCUT2D eigenvalue weighted by Crippen LogP contribution is -2.46. The second kappa shape index (κ2) is 6.52. The van der Waals surface area contributed by atoms with E-state index in [4.69, 9.17) is 0 Å². The molecule has 0 bridgehead atoms. The maximum atomic E-state index is 12.9. The predicted octanol–water partition coefficient (Wildman–Crippen LogP) is 3.46. The Labute approximate surface area is 135 Å². The molecule has 1 aromatic heterocycles. The first kappa shape index (κ1) is 18.4. The lowest BCUT2D eigenvalue weighted by atomic mass is 9.65. The average Bonchev–Trinajstić information content (AvgIpc) is 2.40. The Morgan fingerprint density at radius 2 is 2.04 bits per heavy atom. The van der Waals surface area contributed by atoms with Gasteiger partial charge in [-0.05, 0) is 17.0 Å². The second-order valence-corrected chi connectivity index (χ2v) is 6.38. The van der Waals surface area contributed by atoms with Gasteiger partial charge in [0.1, 0.15) is 0 Å². The van der Waals surface area contributed by atoms with Gasteiger partial charge in [-0.25, -0.2) is 13.8 Å². The summed E-state index contributed by atoms with van der Waals surface area (Å²) in [5.74, 6) is -3.29. The highest BCUT2D eigenvalue weighted by Crippen LogP contribution is 2.53. The third-order valence-corrected chi connectivity index (χ3v) is 3.63. The van der Waals surface area contributed by atoms with Crippen LogP contribution in [0.4, 0.5) is 22.0 Å². The van der Waals surface area contributed by atoms with E-state index in [0.29, 0.717) is 5.56 Å². The molecule has 0 aliphatic heterocycles. The quantitative estimate of drug-likeness (QED) is 0.798. The van der Waals surface area contributed by atoms with Crippen LogP contribution < -0.4 is 10.1 Å². The van der Waals surface area contributed by atoms with Crippen molar-refractivity contribution in [3.63, 3.8) is 0 Å². The fourth-order valence-electron chi connectivity index (χ4n) is 2.77. The van der Waals surface area contributed by atoms with Crippen molar-refractivity contribution in [3.05, 3.63) is 23.9 Å². The fourth-order valence-corrected chi connectivity index (χ4v) is 2.77. The van der Waals surface area contributed by atoms with Crippen molar-refractivity contribution in [3.8, 4) is 5.88 Å². The summed E-state index contributed by atoms with van der Waals surface area (Å²) in [5.41, 5.74) is -0.216. The van der Waals surface area contributed by atoms with Gasteiger partial charge in [-0.2, -0.15) is 13.2 Å². The molecule has 0 spiro atoms. The van der Waals surface area contributed by atoms with Gasteiger partial charge in [0.2, 0.25) is 17.7 Å². The molecule has 1 aliphatic carbocycles. The summed E-state index contributed by atoms with van der Waals surface area (Å²) in [4.78, 5) is 15.5. The molecule has 4 nitrogen and oxygen atoms in total. The topological polar surface area (TPSA) is 51.2 Å². The molecule has 1 heterocycles. The number of hydrogen-bond acceptors (Lipinski definition) is 3. The van der Waals surface area contributed by atoms with E-state index < -0.39 is 24.1 Å². The van der Waals surface area contributed by atoms with Crippen LogP contribution in [-0.4, -0.2) is 29.6 Å². The molecule has 1 fully saturated rings. The van der Waals surface area contributed by atoms with Crippen LogP contribution in [0.5, 0.6) is 5.88 Å². The monoisotopic (exact) mass is 352 g/mol. The number of aromatic nitrogens is 1. The Morgan fingerprint density at radius 1 is 1.38 bits per heavy atom. The van der Waals surface area contributed by atoms with Crippen LogP contribution in [0.2, 0.25) is 0 Å². The Balaban J connectivity index is 1.80. The number of amides is 1. The van der Waals surface area contributed by atoms with Crippen molar-refractivity contribution in [1.82, 2.24) is 10.3 Å². The van der Waals surface area contributed by atoms with Crippen molar-refractivity contribution in [2.24, 2.45) is 5.41 Å². The van der Waals surface area contributed by atoms with E-state index in [1.165, 1.54) is 18.3 Å². The summed E-state index contributed by atoms with van der Waals surface area (Å²) in [7, 11) is 0. The SMILES string of the molecule is CC1(CC(=O)NCc2ccnc(OCC(F)(F)F)c2)CC(F)(F)C1. The smallest absolute Gasteiger partial charge is 0.422 e. The molecule has 0 radical (unpaired) electrons. The number of carbonyl (C=O) groups excluding carboxylic acids is 1. The van der Waals surface area contributed by atoms with Crippen LogP contribution >= 0.6 is 0 Å². The fraction of sp³-hybridized carbons (Fsp3) is 0.600. The summed E-state index contributed by atoms with van der Waals surface area (Å²) in [5, 5.41) is 2.56. The minimum Gasteiger partial charge on any atom is -0.468 e. The number of carbonyl (C=O) groups is 1. The molecule has 1 aromatic rings. The van der Waals surface area contributed by atoms with Gasteiger partial charge >= 0.3 is 6.18 Å². The van der Waals surface area contributed by atoms with Gasteiger partial charge in [-0.15, -0.1) is 0 Å². The summed E-state index contributed by atoms with van der Waals surface area (Å²) in [6, 6.07) is 2.80. The number of pyridine rings is 1. The van der Waals surface area contributed by atoms with Gasteiger partial charge in [-0.3, -0.25) is 4.79 Å². The molecule has 0 unspecified atom stereocenters. The van der Waals surface area contributed by atoms with Crippen molar-refractivity contribution in [1.29, 1.82) is 0 Å². The molecule has 1 amide bonds. The van der Waals surface area contributed by atoms with Crippen LogP contribution in [0, 0.1) is 5.41 Å². The van der Waals surface area contributed by atoms with E-state index in [2.05, 4.69) is 15.0 Å². The molecule has 1 aliphatic rings. The lowest BCUT2D eigenvalue weighted by Gasteiger charge is -2.44. The first-order valence-corrected chi connectivity index (χ1v) is 7.25. The highest BCUT2D eigenvalue weighted by atomic mass is 19.4. The molecule has 1 N–H and O–H groups in total. The lowest BCUT2D eigenvalue weighted by molar-refractivity contribution is -0.162. The highest BCUT2D eigenvalue weighted by Gasteiger charge is 2.54. The zero-order valence-electron chi connectivity index (χ0n) is 12.9. The Kier molecular flexibility index (Phi) is 5.00. The zero-order valence-corrected chi connectivity index (χ0v) is 12.9. The van der Waals surface area contributed by atoms with Gasteiger partial charge in [0, 0.05) is 38.1 Å². The van der Waals surface area contributed by atoms with Crippen LogP contribution in [0.15, 0.2) is 18.3 Å². The van der Waals surface area contributed by atoms with E-state index in [9.17, 15) is 26.7 Å². The number of nitrogens with one attached hydrogen (secondary N) is 1. The maximum absolute atomic E-state index is 12.9. The first-order chi connectivity index (χ1) is 11.0. The van der Waals surface area contributed by atoms with Crippen molar-refractivity contribution in [2.45, 2.75) is 44.8 Å². The van der Waals surface area contributed by atoms with Crippen LogP contribution in [0.3, 0.4) is 0 Å². The number of halogens is 5. The van der Waals surface area contributed by atoms with E-state index in [1.54, 1.807) is 6.92 Å². The zero-order chi connectivity index (χ0) is 18.0. The number of nitrogens with zero attached hydrogens (tertiary/aromatic N) is 1. The number of rotatable bonds is 6. The minimum atomic E-state index is -4.47. The van der Waals surface area contributed by atoms with E-state index in [1.807, 2.05) is 0 Å². The van der Waals surface area contributed by atoms with Gasteiger partial charge in [-0.1, -0.05) is 6.92 Å². The number of hydrogen-bond donors (Lipinski definition) is 1. The Hall–Kier alpha value is -1.93. The molecular formula is C15H17F5N2O2. The molecule has 1 saturated carbocycles. The number of ether oxygens (including phenoxy) is 1.